The largest absolute Gasteiger partial charge is 0.409 e. The summed E-state index contributed by atoms with van der Waals surface area (Å²) >= 11 is 0. The number of fused-ring (bicyclic) bond motifs is 1. The molecule has 7 heteroatoms. The second-order valence-electron chi connectivity index (χ2n) is 6.76. The Hall–Kier alpha value is -2.59. The van der Waals surface area contributed by atoms with E-state index in [4.69, 9.17) is 0 Å². The summed E-state index contributed by atoms with van der Waals surface area (Å²) in [4.78, 5) is 12.0. The molecule has 0 unspecified atom stereocenters. The molecule has 130 valence electrons. The lowest BCUT2D eigenvalue weighted by molar-refractivity contribution is -0.191. The van der Waals surface area contributed by atoms with Gasteiger partial charge in [0.15, 0.2) is 6.04 Å². The Morgan fingerprint density at radius 2 is 1.88 bits per heavy atom. The van der Waals surface area contributed by atoms with Crippen LogP contribution in [0.4, 0.5) is 13.2 Å². The fraction of sp³-hybridized carbons (Fsp3) is 0.333. The van der Waals surface area contributed by atoms with Crippen molar-refractivity contribution in [2.24, 2.45) is 5.41 Å². The summed E-state index contributed by atoms with van der Waals surface area (Å²) in [5.41, 5.74) is 1.55. The van der Waals surface area contributed by atoms with Crippen molar-refractivity contribution >= 4 is 16.7 Å². The molecular weight excluding hydrogens is 331 g/mol. The smallest absolute Gasteiger partial charge is 0.287 e. The van der Waals surface area contributed by atoms with Crippen LogP contribution in [0.25, 0.3) is 10.8 Å². The SMILES string of the molecule is CC1(C)CN([C@@H](c2cccc3cccc(C#N)c23)C(F)(F)F)NC1=O. The van der Waals surface area contributed by atoms with Crippen LogP contribution in [0.2, 0.25) is 0 Å². The maximum Gasteiger partial charge on any atom is 0.409 e. The number of hydrogen-bond acceptors (Lipinski definition) is 3. The Morgan fingerprint density at radius 3 is 2.40 bits per heavy atom. The van der Waals surface area contributed by atoms with Crippen LogP contribution in [-0.4, -0.2) is 23.6 Å². The van der Waals surface area contributed by atoms with E-state index in [9.17, 15) is 23.2 Å². The third-order valence-corrected chi connectivity index (χ3v) is 4.40. The number of amides is 1. The van der Waals surface area contributed by atoms with E-state index < -0.39 is 23.5 Å². The highest BCUT2D eigenvalue weighted by molar-refractivity contribution is 5.91. The molecule has 1 aliphatic heterocycles. The van der Waals surface area contributed by atoms with Crippen molar-refractivity contribution in [3.8, 4) is 6.07 Å². The van der Waals surface area contributed by atoms with Crippen molar-refractivity contribution in [3.05, 3.63) is 47.5 Å². The highest BCUT2D eigenvalue weighted by Crippen LogP contribution is 2.43. The van der Waals surface area contributed by atoms with E-state index in [0.717, 1.165) is 5.01 Å². The molecule has 0 radical (unpaired) electrons. The van der Waals surface area contributed by atoms with Crippen molar-refractivity contribution < 1.29 is 18.0 Å². The Morgan fingerprint density at radius 1 is 1.24 bits per heavy atom. The standard InChI is InChI=1S/C18H16F3N3O/c1-17(2)10-24(23-16(17)25)15(18(19,20)21)13-8-4-6-11-5-3-7-12(9-22)14(11)13/h3-8,15H,10H2,1-2H3,(H,23,25)/t15-/m0/s1. The number of benzene rings is 2. The summed E-state index contributed by atoms with van der Waals surface area (Å²) in [5.74, 6) is -0.456. The first-order valence-corrected chi connectivity index (χ1v) is 7.71. The zero-order valence-electron chi connectivity index (χ0n) is 13.7. The number of nitrogens with one attached hydrogen (secondary N) is 1. The third kappa shape index (κ3) is 2.94. The van der Waals surface area contributed by atoms with E-state index in [-0.39, 0.29) is 23.1 Å². The number of carbonyl (C=O) groups excluding carboxylic acids is 1. The summed E-state index contributed by atoms with van der Waals surface area (Å²) in [5, 5.41) is 11.1. The lowest BCUT2D eigenvalue weighted by Gasteiger charge is -2.30. The van der Waals surface area contributed by atoms with E-state index in [1.165, 1.54) is 18.2 Å². The lowest BCUT2D eigenvalue weighted by atomic mass is 9.92. The summed E-state index contributed by atoms with van der Waals surface area (Å²) < 4.78 is 41.8. The normalized spacial score (nSPS) is 18.8. The molecule has 0 bridgehead atoms. The highest BCUT2D eigenvalue weighted by Gasteiger charge is 2.51. The Balaban J connectivity index is 2.22. The molecule has 0 saturated carbocycles. The van der Waals surface area contributed by atoms with Gasteiger partial charge in [-0.3, -0.25) is 10.2 Å². The molecule has 1 saturated heterocycles. The van der Waals surface area contributed by atoms with Crippen molar-refractivity contribution in [1.82, 2.24) is 10.4 Å². The molecule has 1 heterocycles. The number of hydrazine groups is 1. The van der Waals surface area contributed by atoms with E-state index in [1.807, 2.05) is 6.07 Å². The highest BCUT2D eigenvalue weighted by atomic mass is 19.4. The number of nitriles is 1. The number of hydrogen-bond donors (Lipinski definition) is 1. The van der Waals surface area contributed by atoms with E-state index in [2.05, 4.69) is 5.43 Å². The molecule has 25 heavy (non-hydrogen) atoms. The number of carbonyl (C=O) groups is 1. The van der Waals surface area contributed by atoms with Gasteiger partial charge >= 0.3 is 6.18 Å². The fourth-order valence-corrected chi connectivity index (χ4v) is 3.19. The number of halogens is 3. The Bertz CT molecular complexity index is 878. The number of rotatable bonds is 2. The van der Waals surface area contributed by atoms with E-state index in [1.54, 1.807) is 32.0 Å². The van der Waals surface area contributed by atoms with Crippen LogP contribution in [0.3, 0.4) is 0 Å². The first kappa shape index (κ1) is 17.2. The second-order valence-corrected chi connectivity index (χ2v) is 6.76. The molecule has 3 rings (SSSR count). The quantitative estimate of drug-likeness (QED) is 0.901. The molecule has 2 aromatic rings. The molecule has 1 N–H and O–H groups in total. The summed E-state index contributed by atoms with van der Waals surface area (Å²) in [7, 11) is 0. The van der Waals surface area contributed by atoms with Gasteiger partial charge in [-0.2, -0.15) is 18.4 Å². The minimum atomic E-state index is -4.62. The van der Waals surface area contributed by atoms with Crippen molar-refractivity contribution in [3.63, 3.8) is 0 Å². The molecular formula is C18H16F3N3O. The number of alkyl halides is 3. The molecule has 1 fully saturated rings. The molecule has 0 aliphatic carbocycles. The Labute approximate surface area is 142 Å². The van der Waals surface area contributed by atoms with Gasteiger partial charge in [-0.25, -0.2) is 5.01 Å². The van der Waals surface area contributed by atoms with Gasteiger partial charge in [0.1, 0.15) is 0 Å². The molecule has 1 amide bonds. The first-order chi connectivity index (χ1) is 11.6. The maximum atomic E-state index is 13.9. The van der Waals surface area contributed by atoms with Crippen LogP contribution >= 0.6 is 0 Å². The van der Waals surface area contributed by atoms with Crippen LogP contribution < -0.4 is 5.43 Å². The zero-order chi connectivity index (χ0) is 18.4. The van der Waals surface area contributed by atoms with E-state index in [0.29, 0.717) is 5.39 Å². The van der Waals surface area contributed by atoms with Crippen LogP contribution in [0.1, 0.15) is 31.0 Å². The minimum absolute atomic E-state index is 0.0415. The van der Waals surface area contributed by atoms with Gasteiger partial charge in [0.25, 0.3) is 0 Å². The molecule has 0 spiro atoms. The van der Waals surface area contributed by atoms with Crippen LogP contribution in [-0.2, 0) is 4.79 Å². The van der Waals surface area contributed by atoms with Crippen molar-refractivity contribution in [1.29, 1.82) is 5.26 Å². The van der Waals surface area contributed by atoms with Crippen LogP contribution in [0, 0.1) is 16.7 Å². The van der Waals surface area contributed by atoms with Gasteiger partial charge in [0.2, 0.25) is 5.91 Å². The van der Waals surface area contributed by atoms with Gasteiger partial charge in [-0.15, -0.1) is 0 Å². The van der Waals surface area contributed by atoms with Crippen molar-refractivity contribution in [2.75, 3.05) is 6.54 Å². The maximum absolute atomic E-state index is 13.9. The predicted octanol–water partition coefficient (Wildman–Crippen LogP) is 3.69. The second kappa shape index (κ2) is 5.74. The molecule has 1 atom stereocenters. The average Bonchev–Trinajstić information content (AvgIpc) is 2.78. The average molecular weight is 347 g/mol. The van der Waals surface area contributed by atoms with Crippen LogP contribution in [0.5, 0.6) is 0 Å². The van der Waals surface area contributed by atoms with Crippen molar-refractivity contribution in [2.45, 2.75) is 26.1 Å². The fourth-order valence-electron chi connectivity index (χ4n) is 3.19. The van der Waals surface area contributed by atoms with Crippen LogP contribution in [0.15, 0.2) is 36.4 Å². The summed E-state index contributed by atoms with van der Waals surface area (Å²) in [6, 6.07) is 9.27. The molecule has 4 nitrogen and oxygen atoms in total. The van der Waals surface area contributed by atoms with Gasteiger partial charge in [0.05, 0.1) is 17.0 Å². The topological polar surface area (TPSA) is 56.1 Å². The van der Waals surface area contributed by atoms with E-state index >= 15 is 0 Å². The summed E-state index contributed by atoms with van der Waals surface area (Å²) in [6.07, 6.45) is -4.62. The lowest BCUT2D eigenvalue weighted by Crippen LogP contribution is -2.43. The third-order valence-electron chi connectivity index (χ3n) is 4.40. The summed E-state index contributed by atoms with van der Waals surface area (Å²) in [6.45, 7) is 3.11. The first-order valence-electron chi connectivity index (χ1n) is 7.71. The molecule has 2 aromatic carbocycles. The molecule has 0 aromatic heterocycles. The minimum Gasteiger partial charge on any atom is -0.287 e. The van der Waals surface area contributed by atoms with Gasteiger partial charge < -0.3 is 0 Å². The van der Waals surface area contributed by atoms with Gasteiger partial charge in [-0.1, -0.05) is 30.3 Å². The monoisotopic (exact) mass is 347 g/mol. The van der Waals surface area contributed by atoms with Gasteiger partial charge in [0, 0.05) is 11.9 Å². The predicted molar refractivity (Wildman–Crippen MR) is 86.1 cm³/mol. The van der Waals surface area contributed by atoms with Gasteiger partial charge in [-0.05, 0) is 30.9 Å². The molecule has 1 aliphatic rings. The Kier molecular flexibility index (Phi) is 3.96. The number of nitrogens with zero attached hydrogens (tertiary/aromatic N) is 2. The zero-order valence-corrected chi connectivity index (χ0v) is 13.7.